The van der Waals surface area contributed by atoms with Crippen LogP contribution in [0.2, 0.25) is 0 Å². The van der Waals surface area contributed by atoms with E-state index in [1.54, 1.807) is 11.0 Å². The first-order valence-corrected chi connectivity index (χ1v) is 6.91. The Morgan fingerprint density at radius 3 is 2.90 bits per heavy atom. The van der Waals surface area contributed by atoms with Crippen LogP contribution in [0.5, 0.6) is 0 Å². The molecule has 2 rings (SSSR count). The van der Waals surface area contributed by atoms with Crippen molar-refractivity contribution in [2.24, 2.45) is 0 Å². The van der Waals surface area contributed by atoms with Gasteiger partial charge in [-0.3, -0.25) is 0 Å². The third-order valence-electron chi connectivity index (χ3n) is 3.49. The maximum Gasteiger partial charge on any atom is 0.150 e. The minimum Gasteiger partial charge on any atom is -0.384 e. The Hall–Kier alpha value is -2.38. The van der Waals surface area contributed by atoms with Crippen molar-refractivity contribution in [3.8, 4) is 6.07 Å². The summed E-state index contributed by atoms with van der Waals surface area (Å²) < 4.78 is 0. The summed E-state index contributed by atoms with van der Waals surface area (Å²) >= 11 is 0. The molecule has 1 atom stereocenters. The lowest BCUT2D eigenvalue weighted by atomic mass is 9.95. The summed E-state index contributed by atoms with van der Waals surface area (Å²) in [5.41, 5.74) is 3.42. The van der Waals surface area contributed by atoms with E-state index < -0.39 is 6.10 Å². The van der Waals surface area contributed by atoms with Gasteiger partial charge in [-0.2, -0.15) is 5.26 Å². The highest BCUT2D eigenvalue weighted by Crippen LogP contribution is 2.28. The van der Waals surface area contributed by atoms with Crippen LogP contribution >= 0.6 is 0 Å². The van der Waals surface area contributed by atoms with Crippen molar-refractivity contribution < 1.29 is 9.90 Å². The van der Waals surface area contributed by atoms with Gasteiger partial charge in [-0.15, -0.1) is 0 Å². The number of nitriles is 1. The Morgan fingerprint density at radius 1 is 1.48 bits per heavy atom. The summed E-state index contributed by atoms with van der Waals surface area (Å²) in [5.74, 6) is 0. The SMILES string of the molecule is CN(CC(O)C=O)c1ccc(C#N)c(C2=CCCC=C2)c1. The molecule has 0 fully saturated rings. The lowest BCUT2D eigenvalue weighted by Gasteiger charge is -2.22. The zero-order valence-electron chi connectivity index (χ0n) is 12.0. The number of aldehydes is 1. The molecule has 1 aromatic carbocycles. The summed E-state index contributed by atoms with van der Waals surface area (Å²) in [4.78, 5) is 12.4. The number of allylic oxidation sites excluding steroid dienone is 4. The van der Waals surface area contributed by atoms with Gasteiger partial charge >= 0.3 is 0 Å². The lowest BCUT2D eigenvalue weighted by molar-refractivity contribution is -0.114. The average Bonchev–Trinajstić information content (AvgIpc) is 2.54. The van der Waals surface area contributed by atoms with Gasteiger partial charge in [0.05, 0.1) is 18.2 Å². The molecule has 0 saturated heterocycles. The van der Waals surface area contributed by atoms with Gasteiger partial charge in [0, 0.05) is 18.3 Å². The number of likely N-dealkylation sites (N-methyl/N-ethyl adjacent to an activating group) is 1. The molecule has 0 amide bonds. The number of aliphatic hydroxyl groups excluding tert-OH is 1. The second-order valence-electron chi connectivity index (χ2n) is 5.06. The number of carbonyl (C=O) groups excluding carboxylic acids is 1. The molecule has 1 unspecified atom stereocenters. The maximum atomic E-state index is 10.5. The normalized spacial score (nSPS) is 15.0. The zero-order valence-corrected chi connectivity index (χ0v) is 12.0. The number of hydrogen-bond donors (Lipinski definition) is 1. The van der Waals surface area contributed by atoms with Gasteiger partial charge in [0.1, 0.15) is 12.4 Å². The fourth-order valence-corrected chi connectivity index (χ4v) is 2.35. The van der Waals surface area contributed by atoms with E-state index >= 15 is 0 Å². The molecule has 1 aliphatic rings. The molecule has 0 spiro atoms. The van der Waals surface area contributed by atoms with Crippen LogP contribution in [0.25, 0.3) is 5.57 Å². The molecule has 0 bridgehead atoms. The largest absolute Gasteiger partial charge is 0.384 e. The van der Waals surface area contributed by atoms with E-state index in [9.17, 15) is 15.2 Å². The van der Waals surface area contributed by atoms with E-state index in [1.807, 2.05) is 25.3 Å². The van der Waals surface area contributed by atoms with Gasteiger partial charge in [-0.1, -0.05) is 18.2 Å². The summed E-state index contributed by atoms with van der Waals surface area (Å²) in [6.45, 7) is 0.226. The monoisotopic (exact) mass is 282 g/mol. The van der Waals surface area contributed by atoms with Crippen molar-refractivity contribution in [1.29, 1.82) is 5.26 Å². The van der Waals surface area contributed by atoms with Crippen molar-refractivity contribution in [3.05, 3.63) is 47.6 Å². The van der Waals surface area contributed by atoms with E-state index in [4.69, 9.17) is 0 Å². The number of aliphatic hydroxyl groups is 1. The highest BCUT2D eigenvalue weighted by atomic mass is 16.3. The highest BCUT2D eigenvalue weighted by Gasteiger charge is 2.12. The molecule has 4 heteroatoms. The minimum absolute atomic E-state index is 0.226. The Kier molecular flexibility index (Phi) is 4.91. The fraction of sp³-hybridized carbons (Fsp3) is 0.294. The second kappa shape index (κ2) is 6.87. The van der Waals surface area contributed by atoms with Crippen LogP contribution in [0.15, 0.2) is 36.4 Å². The van der Waals surface area contributed by atoms with Crippen molar-refractivity contribution in [1.82, 2.24) is 0 Å². The third-order valence-corrected chi connectivity index (χ3v) is 3.49. The van der Waals surface area contributed by atoms with Crippen molar-refractivity contribution in [2.75, 3.05) is 18.5 Å². The van der Waals surface area contributed by atoms with Gasteiger partial charge < -0.3 is 14.8 Å². The number of nitrogens with zero attached hydrogens (tertiary/aromatic N) is 2. The molecule has 1 aromatic rings. The summed E-state index contributed by atoms with van der Waals surface area (Å²) in [6.07, 6.45) is 7.76. The van der Waals surface area contributed by atoms with Crippen LogP contribution in [-0.4, -0.2) is 31.1 Å². The van der Waals surface area contributed by atoms with Gasteiger partial charge in [0.2, 0.25) is 0 Å². The predicted octanol–water partition coefficient (Wildman–Crippen LogP) is 2.29. The molecule has 0 heterocycles. The average molecular weight is 282 g/mol. The Labute approximate surface area is 124 Å². The first-order chi connectivity index (χ1) is 10.2. The van der Waals surface area contributed by atoms with Gasteiger partial charge in [-0.05, 0) is 36.6 Å². The summed E-state index contributed by atoms with van der Waals surface area (Å²) in [5, 5.41) is 18.7. The van der Waals surface area contributed by atoms with Crippen molar-refractivity contribution in [2.45, 2.75) is 18.9 Å². The summed E-state index contributed by atoms with van der Waals surface area (Å²) in [6, 6.07) is 7.74. The van der Waals surface area contributed by atoms with Crippen LogP contribution in [0.1, 0.15) is 24.0 Å². The fourth-order valence-electron chi connectivity index (χ4n) is 2.35. The Morgan fingerprint density at radius 2 is 2.29 bits per heavy atom. The molecule has 0 aromatic heterocycles. The smallest absolute Gasteiger partial charge is 0.150 e. The number of rotatable bonds is 5. The van der Waals surface area contributed by atoms with Gasteiger partial charge in [0.25, 0.3) is 0 Å². The first kappa shape index (κ1) is 15.0. The molecule has 0 saturated carbocycles. The Bertz CT molecular complexity index is 626. The molecule has 4 nitrogen and oxygen atoms in total. The Balaban J connectivity index is 2.34. The van der Waals surface area contributed by atoms with E-state index in [-0.39, 0.29) is 6.54 Å². The van der Waals surface area contributed by atoms with Gasteiger partial charge in [-0.25, -0.2) is 0 Å². The molecule has 1 aliphatic carbocycles. The molecular formula is C17H18N2O2. The third kappa shape index (κ3) is 3.59. The van der Waals surface area contributed by atoms with Crippen LogP contribution in [0.3, 0.4) is 0 Å². The minimum atomic E-state index is -1.01. The quantitative estimate of drug-likeness (QED) is 0.842. The number of carbonyl (C=O) groups is 1. The van der Waals surface area contributed by atoms with E-state index in [0.29, 0.717) is 11.8 Å². The van der Waals surface area contributed by atoms with Crippen LogP contribution in [-0.2, 0) is 4.79 Å². The second-order valence-corrected chi connectivity index (χ2v) is 5.06. The molecule has 21 heavy (non-hydrogen) atoms. The topological polar surface area (TPSA) is 64.3 Å². The maximum absolute atomic E-state index is 10.5. The van der Waals surface area contributed by atoms with Crippen molar-refractivity contribution >= 4 is 17.5 Å². The molecule has 0 aliphatic heterocycles. The number of anilines is 1. The van der Waals surface area contributed by atoms with Crippen LogP contribution in [0, 0.1) is 11.3 Å². The van der Waals surface area contributed by atoms with Crippen molar-refractivity contribution in [3.63, 3.8) is 0 Å². The summed E-state index contributed by atoms with van der Waals surface area (Å²) in [7, 11) is 1.81. The molecule has 108 valence electrons. The number of hydrogen-bond acceptors (Lipinski definition) is 4. The standard InChI is InChI=1S/C17H18N2O2/c1-19(11-16(21)12-20)15-8-7-14(10-18)17(9-15)13-5-3-2-4-6-13/h3,5-9,12,16,21H,2,4,11H2,1H3. The van der Waals surface area contributed by atoms with Crippen LogP contribution in [0.4, 0.5) is 5.69 Å². The molecule has 0 radical (unpaired) electrons. The van der Waals surface area contributed by atoms with E-state index in [1.165, 1.54) is 0 Å². The number of benzene rings is 1. The predicted molar refractivity (Wildman–Crippen MR) is 82.8 cm³/mol. The lowest BCUT2D eigenvalue weighted by Crippen LogP contribution is -2.29. The van der Waals surface area contributed by atoms with Crippen LogP contribution < -0.4 is 4.90 Å². The zero-order chi connectivity index (χ0) is 15.2. The van der Waals surface area contributed by atoms with E-state index in [2.05, 4.69) is 18.2 Å². The molecular weight excluding hydrogens is 264 g/mol. The first-order valence-electron chi connectivity index (χ1n) is 6.91. The highest BCUT2D eigenvalue weighted by molar-refractivity contribution is 5.80. The van der Waals surface area contributed by atoms with Gasteiger partial charge in [0.15, 0.2) is 0 Å². The molecule has 1 N–H and O–H groups in total. The van der Waals surface area contributed by atoms with E-state index in [0.717, 1.165) is 29.7 Å².